The lowest BCUT2D eigenvalue weighted by atomic mass is 10.2. The number of rotatable bonds is 6. The number of nitrogens with one attached hydrogen (secondary N) is 2. The largest absolute Gasteiger partial charge is 0.332 e. The van der Waals surface area contributed by atoms with Gasteiger partial charge in [0.15, 0.2) is 10.3 Å². The SMILES string of the molecule is O=C(CSc1nc(-c2cccs2)c(-c2cccs2)[nH]1)Nc1cccnc1Cl. The summed E-state index contributed by atoms with van der Waals surface area (Å²) in [5, 5.41) is 7.80. The van der Waals surface area contributed by atoms with Crippen LogP contribution in [-0.4, -0.2) is 26.6 Å². The lowest BCUT2D eigenvalue weighted by molar-refractivity contribution is -0.113. The molecule has 4 aromatic heterocycles. The van der Waals surface area contributed by atoms with Crippen LogP contribution in [0.15, 0.2) is 58.5 Å². The molecular weight excluding hydrogens is 420 g/mol. The topological polar surface area (TPSA) is 70.7 Å². The highest BCUT2D eigenvalue weighted by Crippen LogP contribution is 2.36. The van der Waals surface area contributed by atoms with Gasteiger partial charge in [0.2, 0.25) is 5.91 Å². The highest BCUT2D eigenvalue weighted by atomic mass is 35.5. The first kappa shape index (κ1) is 18.2. The number of thioether (sulfide) groups is 1. The molecule has 0 spiro atoms. The molecule has 4 heterocycles. The molecule has 0 aliphatic carbocycles. The van der Waals surface area contributed by atoms with Gasteiger partial charge in [-0.3, -0.25) is 4.79 Å². The molecular formula is C18H13ClN4OS3. The Morgan fingerprint density at radius 1 is 1.15 bits per heavy atom. The van der Waals surface area contributed by atoms with E-state index in [9.17, 15) is 4.79 Å². The minimum Gasteiger partial charge on any atom is -0.332 e. The highest BCUT2D eigenvalue weighted by molar-refractivity contribution is 7.99. The van der Waals surface area contributed by atoms with E-state index in [4.69, 9.17) is 16.6 Å². The molecule has 0 aliphatic heterocycles. The Balaban J connectivity index is 1.50. The third-order valence-corrected chi connectivity index (χ3v) is 6.52. The number of nitrogens with zero attached hydrogens (tertiary/aromatic N) is 2. The van der Waals surface area contributed by atoms with Crippen molar-refractivity contribution in [3.63, 3.8) is 0 Å². The van der Waals surface area contributed by atoms with Crippen molar-refractivity contribution in [1.82, 2.24) is 15.0 Å². The van der Waals surface area contributed by atoms with Crippen LogP contribution < -0.4 is 5.32 Å². The Morgan fingerprint density at radius 2 is 1.93 bits per heavy atom. The summed E-state index contributed by atoms with van der Waals surface area (Å²) in [5.41, 5.74) is 2.39. The summed E-state index contributed by atoms with van der Waals surface area (Å²) in [6.07, 6.45) is 1.58. The average molecular weight is 433 g/mol. The first-order valence-electron chi connectivity index (χ1n) is 7.91. The lowest BCUT2D eigenvalue weighted by Crippen LogP contribution is -2.14. The predicted molar refractivity (Wildman–Crippen MR) is 114 cm³/mol. The summed E-state index contributed by atoms with van der Waals surface area (Å²) in [5.74, 6) is 0.0496. The van der Waals surface area contributed by atoms with E-state index in [1.807, 2.05) is 29.0 Å². The van der Waals surface area contributed by atoms with Crippen LogP contribution in [-0.2, 0) is 4.79 Å². The van der Waals surface area contributed by atoms with Gasteiger partial charge in [-0.15, -0.1) is 22.7 Å². The van der Waals surface area contributed by atoms with E-state index < -0.39 is 0 Å². The van der Waals surface area contributed by atoms with Gasteiger partial charge < -0.3 is 10.3 Å². The number of amides is 1. The van der Waals surface area contributed by atoms with E-state index in [1.165, 1.54) is 11.8 Å². The van der Waals surface area contributed by atoms with Crippen LogP contribution >= 0.6 is 46.0 Å². The van der Waals surface area contributed by atoms with Gasteiger partial charge in [-0.25, -0.2) is 9.97 Å². The van der Waals surface area contributed by atoms with Crippen LogP contribution in [0.5, 0.6) is 0 Å². The minimum absolute atomic E-state index is 0.165. The molecule has 0 unspecified atom stereocenters. The number of hydrogen-bond acceptors (Lipinski definition) is 6. The van der Waals surface area contributed by atoms with Crippen molar-refractivity contribution in [2.75, 3.05) is 11.1 Å². The number of hydrogen-bond donors (Lipinski definition) is 2. The molecule has 0 aromatic carbocycles. The zero-order chi connectivity index (χ0) is 18.6. The summed E-state index contributed by atoms with van der Waals surface area (Å²) in [4.78, 5) is 26.5. The molecule has 5 nitrogen and oxygen atoms in total. The fraction of sp³-hybridized carbons (Fsp3) is 0.0556. The van der Waals surface area contributed by atoms with E-state index in [2.05, 4.69) is 21.4 Å². The molecule has 0 bridgehead atoms. The van der Waals surface area contributed by atoms with Gasteiger partial charge in [-0.05, 0) is 35.0 Å². The van der Waals surface area contributed by atoms with Crippen LogP contribution in [0.4, 0.5) is 5.69 Å². The molecule has 0 saturated carbocycles. The number of H-pyrrole nitrogens is 1. The van der Waals surface area contributed by atoms with Gasteiger partial charge in [0.05, 0.1) is 26.9 Å². The number of anilines is 1. The van der Waals surface area contributed by atoms with Gasteiger partial charge in [-0.2, -0.15) is 0 Å². The zero-order valence-corrected chi connectivity index (χ0v) is 17.0. The van der Waals surface area contributed by atoms with Crippen LogP contribution in [0.2, 0.25) is 5.15 Å². The molecule has 0 fully saturated rings. The number of aromatic nitrogens is 3. The van der Waals surface area contributed by atoms with Gasteiger partial charge in [0.25, 0.3) is 0 Å². The fourth-order valence-electron chi connectivity index (χ4n) is 2.41. The normalized spacial score (nSPS) is 10.9. The second kappa shape index (κ2) is 8.26. The van der Waals surface area contributed by atoms with Gasteiger partial charge >= 0.3 is 0 Å². The van der Waals surface area contributed by atoms with Crippen LogP contribution in [0.1, 0.15) is 0 Å². The fourth-order valence-corrected chi connectivity index (χ4v) is 4.69. The monoisotopic (exact) mass is 432 g/mol. The van der Waals surface area contributed by atoms with Crippen LogP contribution in [0, 0.1) is 0 Å². The third kappa shape index (κ3) is 4.24. The third-order valence-electron chi connectivity index (χ3n) is 3.58. The van der Waals surface area contributed by atoms with E-state index in [0.29, 0.717) is 10.8 Å². The number of imidazole rings is 1. The molecule has 0 radical (unpaired) electrons. The van der Waals surface area contributed by atoms with Crippen molar-refractivity contribution in [3.05, 3.63) is 58.5 Å². The Morgan fingerprint density at radius 3 is 2.63 bits per heavy atom. The van der Waals surface area contributed by atoms with Crippen LogP contribution in [0.25, 0.3) is 21.1 Å². The smallest absolute Gasteiger partial charge is 0.234 e. The number of halogens is 1. The first-order chi connectivity index (χ1) is 13.2. The summed E-state index contributed by atoms with van der Waals surface area (Å²) < 4.78 is 0. The number of aromatic amines is 1. The number of thiophene rings is 2. The van der Waals surface area contributed by atoms with Gasteiger partial charge in [-0.1, -0.05) is 35.5 Å². The maximum absolute atomic E-state index is 12.2. The standard InChI is InChI=1S/C18H13ClN4OS3/c19-17-11(4-1-7-20-17)21-14(24)10-27-18-22-15(12-5-2-8-25-12)16(23-18)13-6-3-9-26-13/h1-9H,10H2,(H,21,24)(H,22,23). The summed E-state index contributed by atoms with van der Waals surface area (Å²) in [6, 6.07) is 11.6. The van der Waals surface area contributed by atoms with Crippen molar-refractivity contribution in [3.8, 4) is 21.1 Å². The van der Waals surface area contributed by atoms with Gasteiger partial charge in [0, 0.05) is 6.20 Å². The summed E-state index contributed by atoms with van der Waals surface area (Å²) in [7, 11) is 0. The Labute approximate surface area is 172 Å². The zero-order valence-electron chi connectivity index (χ0n) is 13.8. The molecule has 0 aliphatic rings. The lowest BCUT2D eigenvalue weighted by Gasteiger charge is -2.05. The van der Waals surface area contributed by atoms with Crippen molar-refractivity contribution in [2.45, 2.75) is 5.16 Å². The number of carbonyl (C=O) groups excluding carboxylic acids is 1. The predicted octanol–water partition coefficient (Wildman–Crippen LogP) is 5.65. The molecule has 9 heteroatoms. The van der Waals surface area contributed by atoms with Crippen molar-refractivity contribution < 1.29 is 4.79 Å². The first-order valence-corrected chi connectivity index (χ1v) is 11.0. The van der Waals surface area contributed by atoms with E-state index in [-0.39, 0.29) is 16.8 Å². The van der Waals surface area contributed by atoms with Gasteiger partial charge in [0.1, 0.15) is 5.69 Å². The average Bonchev–Trinajstić information content (AvgIpc) is 3.41. The Bertz CT molecular complexity index is 993. The Kier molecular flexibility index (Phi) is 5.58. The second-order valence-corrected chi connectivity index (χ2v) is 8.62. The minimum atomic E-state index is -0.165. The van der Waals surface area contributed by atoms with Crippen molar-refractivity contribution in [2.24, 2.45) is 0 Å². The van der Waals surface area contributed by atoms with Crippen molar-refractivity contribution in [1.29, 1.82) is 0 Å². The summed E-state index contributed by atoms with van der Waals surface area (Å²) >= 11 is 10.6. The molecule has 4 aromatic rings. The van der Waals surface area contributed by atoms with E-state index in [1.54, 1.807) is 41.0 Å². The molecule has 27 heavy (non-hydrogen) atoms. The maximum atomic E-state index is 12.2. The Hall–Kier alpha value is -2.13. The number of carbonyl (C=O) groups is 1. The van der Waals surface area contributed by atoms with E-state index >= 15 is 0 Å². The van der Waals surface area contributed by atoms with Crippen LogP contribution in [0.3, 0.4) is 0 Å². The molecule has 0 atom stereocenters. The highest BCUT2D eigenvalue weighted by Gasteiger charge is 2.17. The summed E-state index contributed by atoms with van der Waals surface area (Å²) in [6.45, 7) is 0. The van der Waals surface area contributed by atoms with E-state index in [0.717, 1.165) is 21.1 Å². The molecule has 136 valence electrons. The molecule has 0 saturated heterocycles. The quantitative estimate of drug-likeness (QED) is 0.305. The molecule has 1 amide bonds. The van der Waals surface area contributed by atoms with Crippen molar-refractivity contribution >= 4 is 57.6 Å². The second-order valence-electron chi connectivity index (χ2n) is 5.40. The number of pyridine rings is 1. The molecule has 4 rings (SSSR count). The molecule has 2 N–H and O–H groups in total. The maximum Gasteiger partial charge on any atom is 0.234 e.